The van der Waals surface area contributed by atoms with Gasteiger partial charge in [-0.15, -0.1) is 0 Å². The molecule has 0 aliphatic heterocycles. The quantitative estimate of drug-likeness (QED) is 0.869. The van der Waals surface area contributed by atoms with Gasteiger partial charge in [0.25, 0.3) is 0 Å². The van der Waals surface area contributed by atoms with E-state index in [0.29, 0.717) is 11.8 Å². The van der Waals surface area contributed by atoms with Crippen molar-refractivity contribution in [2.45, 2.75) is 37.7 Å². The lowest BCUT2D eigenvalue weighted by Gasteiger charge is -2.10. The Morgan fingerprint density at radius 1 is 1.21 bits per heavy atom. The van der Waals surface area contributed by atoms with E-state index >= 15 is 0 Å². The van der Waals surface area contributed by atoms with Crippen LogP contribution in [0.25, 0.3) is 0 Å². The molecular weight excluding hydrogens is 238 g/mol. The second kappa shape index (κ2) is 5.33. The maximum Gasteiger partial charge on any atom is 0.223 e. The maximum absolute atomic E-state index is 12.1. The predicted octanol–water partition coefficient (Wildman–Crippen LogP) is 2.07. The first-order valence-electron chi connectivity index (χ1n) is 7.24. The predicted molar refractivity (Wildman–Crippen MR) is 73.6 cm³/mol. The van der Waals surface area contributed by atoms with E-state index in [0.717, 1.165) is 32.2 Å². The fraction of sp³-hybridized carbons (Fsp3) is 0.562. The highest BCUT2D eigenvalue weighted by Crippen LogP contribution is 2.47. The minimum Gasteiger partial charge on any atom is -0.393 e. The van der Waals surface area contributed by atoms with Crippen LogP contribution < -0.4 is 5.32 Å². The number of rotatable bonds is 4. The normalized spacial score (nSPS) is 33.1. The molecule has 2 aliphatic carbocycles. The molecule has 19 heavy (non-hydrogen) atoms. The average molecular weight is 259 g/mol. The van der Waals surface area contributed by atoms with Gasteiger partial charge in [-0.25, -0.2) is 0 Å². The molecular formula is C16H21NO2. The Labute approximate surface area is 114 Å². The first kappa shape index (κ1) is 12.7. The average Bonchev–Trinajstić information content (AvgIpc) is 3.14. The van der Waals surface area contributed by atoms with Crippen LogP contribution in [0.2, 0.25) is 0 Å². The zero-order valence-corrected chi connectivity index (χ0v) is 11.1. The van der Waals surface area contributed by atoms with Crippen LogP contribution in [0.4, 0.5) is 0 Å². The van der Waals surface area contributed by atoms with Crippen molar-refractivity contribution < 1.29 is 9.90 Å². The van der Waals surface area contributed by atoms with E-state index in [-0.39, 0.29) is 17.9 Å². The van der Waals surface area contributed by atoms with Crippen LogP contribution in [-0.4, -0.2) is 23.7 Å². The fourth-order valence-corrected chi connectivity index (χ4v) is 3.16. The van der Waals surface area contributed by atoms with Crippen LogP contribution in [0.15, 0.2) is 30.3 Å². The molecule has 0 aromatic heterocycles. The monoisotopic (exact) mass is 259 g/mol. The van der Waals surface area contributed by atoms with E-state index in [4.69, 9.17) is 0 Å². The molecule has 0 heterocycles. The summed E-state index contributed by atoms with van der Waals surface area (Å²) >= 11 is 0. The highest BCUT2D eigenvalue weighted by Gasteiger charge is 2.43. The smallest absolute Gasteiger partial charge is 0.223 e. The minimum absolute atomic E-state index is 0.153. The Bertz CT molecular complexity index is 445. The summed E-state index contributed by atoms with van der Waals surface area (Å²) in [6.07, 6.45) is 3.58. The summed E-state index contributed by atoms with van der Waals surface area (Å²) in [5, 5.41) is 12.5. The molecule has 3 heteroatoms. The van der Waals surface area contributed by atoms with E-state index in [9.17, 15) is 9.90 Å². The highest BCUT2D eigenvalue weighted by atomic mass is 16.3. The number of amides is 1. The van der Waals surface area contributed by atoms with Crippen LogP contribution >= 0.6 is 0 Å². The van der Waals surface area contributed by atoms with Crippen molar-refractivity contribution in [1.82, 2.24) is 5.32 Å². The zero-order chi connectivity index (χ0) is 13.2. The Balaban J connectivity index is 1.45. The third kappa shape index (κ3) is 2.98. The number of aliphatic hydroxyl groups is 1. The second-order valence-electron chi connectivity index (χ2n) is 5.94. The Hall–Kier alpha value is -1.35. The molecule has 3 nitrogen and oxygen atoms in total. The van der Waals surface area contributed by atoms with Crippen LogP contribution in [0, 0.1) is 11.8 Å². The van der Waals surface area contributed by atoms with Crippen molar-refractivity contribution in [3.8, 4) is 0 Å². The molecule has 2 aliphatic rings. The first-order valence-corrected chi connectivity index (χ1v) is 7.24. The molecule has 0 radical (unpaired) electrons. The van der Waals surface area contributed by atoms with Gasteiger partial charge in [0.1, 0.15) is 0 Å². The minimum atomic E-state index is -0.153. The summed E-state index contributed by atoms with van der Waals surface area (Å²) < 4.78 is 0. The fourth-order valence-electron chi connectivity index (χ4n) is 3.16. The summed E-state index contributed by atoms with van der Waals surface area (Å²) in [4.78, 5) is 12.1. The van der Waals surface area contributed by atoms with Gasteiger partial charge in [0.2, 0.25) is 5.91 Å². The van der Waals surface area contributed by atoms with Gasteiger partial charge < -0.3 is 10.4 Å². The highest BCUT2D eigenvalue weighted by molar-refractivity contribution is 5.82. The molecule has 2 N–H and O–H groups in total. The number of hydrogen-bond donors (Lipinski definition) is 2. The molecule has 0 bridgehead atoms. The van der Waals surface area contributed by atoms with Crippen LogP contribution in [0.5, 0.6) is 0 Å². The summed E-state index contributed by atoms with van der Waals surface area (Å²) in [6.45, 7) is 0.730. The molecule has 4 unspecified atom stereocenters. The van der Waals surface area contributed by atoms with E-state index in [1.807, 2.05) is 18.2 Å². The number of benzene rings is 1. The first-order chi connectivity index (χ1) is 9.24. The van der Waals surface area contributed by atoms with E-state index in [2.05, 4.69) is 17.4 Å². The molecule has 2 saturated carbocycles. The van der Waals surface area contributed by atoms with Gasteiger partial charge in [0.15, 0.2) is 0 Å². The van der Waals surface area contributed by atoms with Crippen LogP contribution in [0.1, 0.15) is 37.2 Å². The second-order valence-corrected chi connectivity index (χ2v) is 5.94. The molecule has 2 fully saturated rings. The van der Waals surface area contributed by atoms with Crippen molar-refractivity contribution in [2.75, 3.05) is 6.54 Å². The molecule has 102 valence electrons. The number of carbonyl (C=O) groups is 1. The van der Waals surface area contributed by atoms with Gasteiger partial charge in [0.05, 0.1) is 6.10 Å². The SMILES string of the molecule is O=C(NCC1CCC(O)C1)C1CC1c1ccccc1. The zero-order valence-electron chi connectivity index (χ0n) is 11.1. The van der Waals surface area contributed by atoms with Crippen molar-refractivity contribution in [3.05, 3.63) is 35.9 Å². The summed E-state index contributed by atoms with van der Waals surface area (Å²) in [5.41, 5.74) is 1.28. The molecule has 1 amide bonds. The van der Waals surface area contributed by atoms with E-state index in [1.165, 1.54) is 5.56 Å². The number of carbonyl (C=O) groups excluding carboxylic acids is 1. The molecule has 4 atom stereocenters. The third-order valence-electron chi connectivity index (χ3n) is 4.43. The van der Waals surface area contributed by atoms with E-state index in [1.54, 1.807) is 0 Å². The van der Waals surface area contributed by atoms with Crippen molar-refractivity contribution in [2.24, 2.45) is 11.8 Å². The Morgan fingerprint density at radius 3 is 2.68 bits per heavy atom. The number of aliphatic hydroxyl groups excluding tert-OH is 1. The standard InChI is InChI=1S/C16H21NO2/c18-13-7-6-11(8-13)10-17-16(19)15-9-14(15)12-4-2-1-3-5-12/h1-5,11,13-15,18H,6-10H2,(H,17,19). The van der Waals surface area contributed by atoms with Gasteiger partial charge in [-0.1, -0.05) is 30.3 Å². The van der Waals surface area contributed by atoms with Crippen LogP contribution in [-0.2, 0) is 4.79 Å². The Morgan fingerprint density at radius 2 is 2.00 bits per heavy atom. The molecule has 1 aromatic rings. The molecule has 0 saturated heterocycles. The summed E-state index contributed by atoms with van der Waals surface area (Å²) in [6, 6.07) is 10.3. The van der Waals surface area contributed by atoms with Gasteiger partial charge in [-0.05, 0) is 43.1 Å². The number of nitrogens with one attached hydrogen (secondary N) is 1. The molecule has 3 rings (SSSR count). The van der Waals surface area contributed by atoms with Crippen LogP contribution in [0.3, 0.4) is 0 Å². The third-order valence-corrected chi connectivity index (χ3v) is 4.43. The Kier molecular flexibility index (Phi) is 3.56. The summed E-state index contributed by atoms with van der Waals surface area (Å²) in [7, 11) is 0. The van der Waals surface area contributed by atoms with Crippen molar-refractivity contribution in [1.29, 1.82) is 0 Å². The maximum atomic E-state index is 12.1. The van der Waals surface area contributed by atoms with Gasteiger partial charge in [-0.3, -0.25) is 4.79 Å². The van der Waals surface area contributed by atoms with Gasteiger partial charge >= 0.3 is 0 Å². The lowest BCUT2D eigenvalue weighted by Crippen LogP contribution is -2.30. The van der Waals surface area contributed by atoms with Crippen molar-refractivity contribution >= 4 is 5.91 Å². The topological polar surface area (TPSA) is 49.3 Å². The molecule has 0 spiro atoms. The van der Waals surface area contributed by atoms with E-state index < -0.39 is 0 Å². The van der Waals surface area contributed by atoms with Gasteiger partial charge in [0, 0.05) is 12.5 Å². The lowest BCUT2D eigenvalue weighted by atomic mass is 10.1. The van der Waals surface area contributed by atoms with Crippen molar-refractivity contribution in [3.63, 3.8) is 0 Å². The number of hydrogen-bond acceptors (Lipinski definition) is 2. The lowest BCUT2D eigenvalue weighted by molar-refractivity contribution is -0.122. The largest absolute Gasteiger partial charge is 0.393 e. The molecule has 1 aromatic carbocycles. The van der Waals surface area contributed by atoms with Gasteiger partial charge in [-0.2, -0.15) is 0 Å². The summed E-state index contributed by atoms with van der Waals surface area (Å²) in [5.74, 6) is 1.23.